The molecular formula is C17H25ClN2O. The molecule has 1 aromatic rings. The van der Waals surface area contributed by atoms with Crippen LogP contribution in [0.3, 0.4) is 0 Å². The molecule has 1 aliphatic rings. The van der Waals surface area contributed by atoms with Crippen LogP contribution in [0, 0.1) is 11.8 Å². The second-order valence-corrected chi connectivity index (χ2v) is 7.06. The van der Waals surface area contributed by atoms with Crippen molar-refractivity contribution >= 4 is 23.2 Å². The number of carbonyl (C=O) groups excluding carboxylic acids is 1. The topological polar surface area (TPSA) is 32.3 Å². The van der Waals surface area contributed by atoms with Crippen LogP contribution in [0.25, 0.3) is 0 Å². The molecule has 0 heterocycles. The number of anilines is 1. The monoisotopic (exact) mass is 308 g/mol. The van der Waals surface area contributed by atoms with Crippen molar-refractivity contribution in [3.05, 3.63) is 28.8 Å². The normalized spacial score (nSPS) is 25.5. The van der Waals surface area contributed by atoms with Gasteiger partial charge in [-0.15, -0.1) is 0 Å². The molecule has 0 aromatic heterocycles. The summed E-state index contributed by atoms with van der Waals surface area (Å²) in [5.41, 5.74) is 1.54. The number of hydrogen-bond donors (Lipinski definition) is 1. The zero-order chi connectivity index (χ0) is 15.6. The highest BCUT2D eigenvalue weighted by atomic mass is 35.5. The van der Waals surface area contributed by atoms with Crippen LogP contribution in [0.2, 0.25) is 5.02 Å². The van der Waals surface area contributed by atoms with Gasteiger partial charge in [0.05, 0.1) is 10.7 Å². The molecule has 3 nitrogen and oxygen atoms in total. The number of hydrogen-bond acceptors (Lipinski definition) is 2. The Kier molecular flexibility index (Phi) is 5.15. The van der Waals surface area contributed by atoms with Crippen LogP contribution < -0.4 is 5.32 Å². The quantitative estimate of drug-likeness (QED) is 0.904. The minimum atomic E-state index is 0.0000898. The fourth-order valence-electron chi connectivity index (χ4n) is 3.31. The van der Waals surface area contributed by atoms with E-state index in [1.165, 1.54) is 6.42 Å². The molecule has 0 radical (unpaired) electrons. The largest absolute Gasteiger partial charge is 0.381 e. The van der Waals surface area contributed by atoms with Crippen LogP contribution in [-0.4, -0.2) is 30.9 Å². The van der Waals surface area contributed by atoms with Gasteiger partial charge in [0, 0.05) is 25.7 Å². The number of carbonyl (C=O) groups is 1. The summed E-state index contributed by atoms with van der Waals surface area (Å²) in [5, 5.41) is 4.22. The maximum absolute atomic E-state index is 12.1. The van der Waals surface area contributed by atoms with Crippen LogP contribution in [0.5, 0.6) is 0 Å². The van der Waals surface area contributed by atoms with Crippen molar-refractivity contribution in [2.45, 2.75) is 39.2 Å². The molecule has 4 heteroatoms. The smallest absolute Gasteiger partial charge is 0.253 e. The molecule has 1 aromatic carbocycles. The van der Waals surface area contributed by atoms with E-state index >= 15 is 0 Å². The van der Waals surface area contributed by atoms with Crippen LogP contribution in [0.4, 0.5) is 5.69 Å². The van der Waals surface area contributed by atoms with E-state index in [-0.39, 0.29) is 5.91 Å². The Balaban J connectivity index is 2.15. The molecule has 21 heavy (non-hydrogen) atoms. The minimum Gasteiger partial charge on any atom is -0.381 e. The summed E-state index contributed by atoms with van der Waals surface area (Å²) in [6.07, 6.45) is 3.62. The molecule has 1 N–H and O–H groups in total. The molecule has 0 saturated heterocycles. The van der Waals surface area contributed by atoms with Crippen molar-refractivity contribution in [3.63, 3.8) is 0 Å². The fourth-order valence-corrected chi connectivity index (χ4v) is 3.48. The first kappa shape index (κ1) is 16.2. The van der Waals surface area contributed by atoms with E-state index in [4.69, 9.17) is 11.6 Å². The number of nitrogens with one attached hydrogen (secondary N) is 1. The zero-order valence-electron chi connectivity index (χ0n) is 13.3. The van der Waals surface area contributed by atoms with Crippen molar-refractivity contribution in [3.8, 4) is 0 Å². The van der Waals surface area contributed by atoms with E-state index in [0.29, 0.717) is 16.6 Å². The van der Waals surface area contributed by atoms with E-state index in [0.717, 1.165) is 30.4 Å². The highest BCUT2D eigenvalue weighted by Gasteiger charge is 2.24. The van der Waals surface area contributed by atoms with E-state index in [9.17, 15) is 4.79 Å². The summed E-state index contributed by atoms with van der Waals surface area (Å²) >= 11 is 6.29. The lowest BCUT2D eigenvalue weighted by atomic mass is 9.80. The van der Waals surface area contributed by atoms with E-state index in [2.05, 4.69) is 19.2 Å². The Morgan fingerprint density at radius 2 is 1.81 bits per heavy atom. The van der Waals surface area contributed by atoms with E-state index in [1.54, 1.807) is 31.1 Å². The first-order valence-corrected chi connectivity index (χ1v) is 8.02. The molecule has 0 spiro atoms. The van der Waals surface area contributed by atoms with Gasteiger partial charge < -0.3 is 10.2 Å². The number of halogens is 1. The van der Waals surface area contributed by atoms with Gasteiger partial charge in [0.1, 0.15) is 0 Å². The maximum Gasteiger partial charge on any atom is 0.253 e. The Morgan fingerprint density at radius 1 is 1.19 bits per heavy atom. The maximum atomic E-state index is 12.1. The van der Waals surface area contributed by atoms with Crippen LogP contribution in [-0.2, 0) is 0 Å². The third kappa shape index (κ3) is 4.13. The van der Waals surface area contributed by atoms with Crippen LogP contribution in [0.1, 0.15) is 43.5 Å². The van der Waals surface area contributed by atoms with Gasteiger partial charge in [-0.25, -0.2) is 0 Å². The van der Waals surface area contributed by atoms with Gasteiger partial charge in [-0.05, 0) is 49.3 Å². The minimum absolute atomic E-state index is 0.0000898. The molecule has 2 rings (SSSR count). The second-order valence-electron chi connectivity index (χ2n) is 6.65. The van der Waals surface area contributed by atoms with E-state index < -0.39 is 0 Å². The Hall–Kier alpha value is -1.22. The zero-order valence-corrected chi connectivity index (χ0v) is 14.1. The Labute approximate surface area is 132 Å². The van der Waals surface area contributed by atoms with Gasteiger partial charge >= 0.3 is 0 Å². The molecule has 0 aliphatic heterocycles. The number of benzene rings is 1. The second kappa shape index (κ2) is 6.69. The summed E-state index contributed by atoms with van der Waals surface area (Å²) in [6, 6.07) is 5.89. The molecular weight excluding hydrogens is 284 g/mol. The predicted molar refractivity (Wildman–Crippen MR) is 89.1 cm³/mol. The summed E-state index contributed by atoms with van der Waals surface area (Å²) < 4.78 is 0. The third-order valence-electron chi connectivity index (χ3n) is 4.16. The number of nitrogens with zero attached hydrogens (tertiary/aromatic N) is 1. The molecule has 1 fully saturated rings. The third-order valence-corrected chi connectivity index (χ3v) is 4.49. The van der Waals surface area contributed by atoms with Gasteiger partial charge in [0.15, 0.2) is 0 Å². The summed E-state index contributed by atoms with van der Waals surface area (Å²) in [4.78, 5) is 13.6. The molecule has 1 amide bonds. The first-order chi connectivity index (χ1) is 9.86. The van der Waals surface area contributed by atoms with Crippen molar-refractivity contribution in [2.75, 3.05) is 19.4 Å². The van der Waals surface area contributed by atoms with Crippen molar-refractivity contribution < 1.29 is 4.79 Å². The molecule has 116 valence electrons. The number of rotatable bonds is 3. The molecule has 2 atom stereocenters. The van der Waals surface area contributed by atoms with Gasteiger partial charge in [-0.3, -0.25) is 4.79 Å². The average molecular weight is 309 g/mol. The SMILES string of the molecule is CC1CC(C)CC(Nc2cc(C(=O)N(C)C)ccc2Cl)C1. The highest BCUT2D eigenvalue weighted by molar-refractivity contribution is 6.33. The Morgan fingerprint density at radius 3 is 2.38 bits per heavy atom. The summed E-state index contributed by atoms with van der Waals surface area (Å²) in [5.74, 6) is 1.47. The van der Waals surface area contributed by atoms with Crippen LogP contribution >= 0.6 is 11.6 Å². The van der Waals surface area contributed by atoms with Gasteiger partial charge in [0.25, 0.3) is 5.91 Å². The summed E-state index contributed by atoms with van der Waals surface area (Å²) in [7, 11) is 3.52. The molecule has 1 aliphatic carbocycles. The lowest BCUT2D eigenvalue weighted by molar-refractivity contribution is 0.0827. The average Bonchev–Trinajstić information content (AvgIpc) is 2.39. The van der Waals surface area contributed by atoms with Crippen LogP contribution in [0.15, 0.2) is 18.2 Å². The lowest BCUT2D eigenvalue weighted by Gasteiger charge is -2.33. The molecule has 0 bridgehead atoms. The van der Waals surface area contributed by atoms with Crippen molar-refractivity contribution in [1.29, 1.82) is 0 Å². The first-order valence-electron chi connectivity index (χ1n) is 7.64. The van der Waals surface area contributed by atoms with Gasteiger partial charge in [-0.1, -0.05) is 25.4 Å². The van der Waals surface area contributed by atoms with E-state index in [1.807, 2.05) is 6.07 Å². The van der Waals surface area contributed by atoms with Crippen molar-refractivity contribution in [2.24, 2.45) is 11.8 Å². The van der Waals surface area contributed by atoms with Crippen molar-refractivity contribution in [1.82, 2.24) is 4.90 Å². The van der Waals surface area contributed by atoms with Gasteiger partial charge in [-0.2, -0.15) is 0 Å². The molecule has 2 unspecified atom stereocenters. The number of amides is 1. The standard InChI is InChI=1S/C17H25ClN2O/c1-11-7-12(2)9-14(8-11)19-16-10-13(5-6-15(16)18)17(21)20(3)4/h5-6,10-12,14,19H,7-9H2,1-4H3. The van der Waals surface area contributed by atoms with Gasteiger partial charge in [0.2, 0.25) is 0 Å². The lowest BCUT2D eigenvalue weighted by Crippen LogP contribution is -2.30. The highest BCUT2D eigenvalue weighted by Crippen LogP contribution is 2.32. The fraction of sp³-hybridized carbons (Fsp3) is 0.588. The predicted octanol–water partition coefficient (Wildman–Crippen LogP) is 4.28. The molecule has 1 saturated carbocycles. The summed E-state index contributed by atoms with van der Waals surface area (Å²) in [6.45, 7) is 4.61. The Bertz CT molecular complexity index is 506.